The van der Waals surface area contributed by atoms with E-state index in [0.29, 0.717) is 18.0 Å². The third kappa shape index (κ3) is 5.62. The van der Waals surface area contributed by atoms with Crippen LogP contribution in [0.2, 0.25) is 0 Å². The predicted octanol–water partition coefficient (Wildman–Crippen LogP) is 5.98. The van der Waals surface area contributed by atoms with Gasteiger partial charge in [-0.25, -0.2) is 13.6 Å². The zero-order valence-corrected chi connectivity index (χ0v) is 24.2. The molecule has 40 heavy (non-hydrogen) atoms. The van der Waals surface area contributed by atoms with E-state index in [1.165, 1.54) is 12.8 Å². The Labute approximate surface area is 237 Å². The Kier molecular flexibility index (Phi) is 7.60. The van der Waals surface area contributed by atoms with Crippen LogP contribution >= 0.6 is 0 Å². The highest BCUT2D eigenvalue weighted by atomic mass is 19.3. The molecule has 1 aromatic carbocycles. The second-order valence-electron chi connectivity index (χ2n) is 13.7. The smallest absolute Gasteiger partial charge is 0.320 e. The second-order valence-corrected chi connectivity index (χ2v) is 13.7. The minimum absolute atomic E-state index is 0.0709. The molecule has 2 bridgehead atoms. The molecular formula is C32H46F2N4O2. The minimum Gasteiger partial charge on any atom is -0.349 e. The molecule has 0 aromatic heterocycles. The number of carbonyl (C=O) groups is 2. The lowest BCUT2D eigenvalue weighted by atomic mass is 9.81. The number of hydrogen-bond donors (Lipinski definition) is 1. The van der Waals surface area contributed by atoms with Crippen LogP contribution < -0.4 is 5.32 Å². The van der Waals surface area contributed by atoms with Gasteiger partial charge in [-0.15, -0.1) is 0 Å². The highest BCUT2D eigenvalue weighted by Gasteiger charge is 2.58. The first-order valence-electron chi connectivity index (χ1n) is 15.7. The largest absolute Gasteiger partial charge is 0.349 e. The topological polar surface area (TPSA) is 55.9 Å². The minimum atomic E-state index is -2.63. The molecule has 2 saturated carbocycles. The van der Waals surface area contributed by atoms with Crippen LogP contribution in [-0.4, -0.2) is 75.9 Å². The van der Waals surface area contributed by atoms with Crippen molar-refractivity contribution in [1.82, 2.24) is 20.0 Å². The number of nitrogens with zero attached hydrogens (tertiary/aromatic N) is 3. The first-order chi connectivity index (χ1) is 19.1. The number of fused-ring (bicyclic) bond motifs is 2. The highest BCUT2D eigenvalue weighted by Crippen LogP contribution is 2.48. The number of rotatable bonds is 9. The van der Waals surface area contributed by atoms with Crippen molar-refractivity contribution in [3.8, 4) is 0 Å². The molecule has 5 aliphatic rings. The number of piperidine rings is 1. The van der Waals surface area contributed by atoms with Crippen LogP contribution in [0.5, 0.6) is 0 Å². The van der Waals surface area contributed by atoms with E-state index < -0.39 is 5.92 Å². The maximum Gasteiger partial charge on any atom is 0.320 e. The molecule has 1 spiro atoms. The molecule has 6 nitrogen and oxygen atoms in total. The molecule has 3 atom stereocenters. The SMILES string of the molecule is CC(C)N1C(=O)N(CC2CC2)CC12CC1CCC(C2)N1CCC(NC(=O)C1CCC(F)(F)CC1)c1ccccc1. The van der Waals surface area contributed by atoms with Crippen molar-refractivity contribution >= 4 is 11.9 Å². The van der Waals surface area contributed by atoms with Gasteiger partial charge in [-0.2, -0.15) is 0 Å². The molecule has 3 unspecified atom stereocenters. The molecular weight excluding hydrogens is 510 g/mol. The van der Waals surface area contributed by atoms with Crippen molar-refractivity contribution in [2.45, 2.75) is 120 Å². The summed E-state index contributed by atoms with van der Waals surface area (Å²) < 4.78 is 27.4. The van der Waals surface area contributed by atoms with Crippen LogP contribution in [0.3, 0.4) is 0 Å². The van der Waals surface area contributed by atoms with E-state index in [4.69, 9.17) is 0 Å². The Morgan fingerprint density at radius 1 is 1.00 bits per heavy atom. The number of nitrogens with one attached hydrogen (secondary N) is 1. The first kappa shape index (κ1) is 27.9. The van der Waals surface area contributed by atoms with Gasteiger partial charge in [0, 0.05) is 56.5 Å². The van der Waals surface area contributed by atoms with E-state index in [9.17, 15) is 18.4 Å². The summed E-state index contributed by atoms with van der Waals surface area (Å²) in [7, 11) is 0. The monoisotopic (exact) mass is 556 g/mol. The van der Waals surface area contributed by atoms with Crippen molar-refractivity contribution in [2.24, 2.45) is 11.8 Å². The highest BCUT2D eigenvalue weighted by molar-refractivity contribution is 5.79. The first-order valence-corrected chi connectivity index (χ1v) is 15.7. The second kappa shape index (κ2) is 10.9. The fraction of sp³-hybridized carbons (Fsp3) is 0.750. The van der Waals surface area contributed by atoms with E-state index in [1.807, 2.05) is 18.2 Å². The zero-order chi connectivity index (χ0) is 28.1. The summed E-state index contributed by atoms with van der Waals surface area (Å²) in [6, 6.07) is 11.3. The van der Waals surface area contributed by atoms with Gasteiger partial charge in [0.2, 0.25) is 11.8 Å². The molecule has 3 heterocycles. The Hall–Kier alpha value is -2.22. The van der Waals surface area contributed by atoms with E-state index in [-0.39, 0.29) is 61.2 Å². The van der Waals surface area contributed by atoms with E-state index in [0.717, 1.165) is 57.3 Å². The maximum absolute atomic E-state index is 13.7. The summed E-state index contributed by atoms with van der Waals surface area (Å²) in [4.78, 5) is 33.7. The van der Waals surface area contributed by atoms with Gasteiger partial charge in [0.25, 0.3) is 0 Å². The molecule has 6 rings (SSSR count). The molecule has 2 aliphatic carbocycles. The van der Waals surface area contributed by atoms with Crippen molar-refractivity contribution in [1.29, 1.82) is 0 Å². The fourth-order valence-corrected chi connectivity index (χ4v) is 8.36. The quantitative estimate of drug-likeness (QED) is 0.407. The van der Waals surface area contributed by atoms with Crippen LogP contribution in [-0.2, 0) is 4.79 Å². The lowest BCUT2D eigenvalue weighted by Crippen LogP contribution is -2.60. The van der Waals surface area contributed by atoms with Crippen LogP contribution in [0.4, 0.5) is 13.6 Å². The van der Waals surface area contributed by atoms with Crippen molar-refractivity contribution in [3.63, 3.8) is 0 Å². The number of benzene rings is 1. The summed E-state index contributed by atoms with van der Waals surface area (Å²) in [6.07, 6.45) is 7.76. The van der Waals surface area contributed by atoms with Gasteiger partial charge in [0.1, 0.15) is 0 Å². The molecule has 3 amide bonds. The number of amides is 3. The van der Waals surface area contributed by atoms with Crippen LogP contribution in [0, 0.1) is 11.8 Å². The van der Waals surface area contributed by atoms with E-state index >= 15 is 0 Å². The van der Waals surface area contributed by atoms with Crippen molar-refractivity contribution < 1.29 is 18.4 Å². The summed E-state index contributed by atoms with van der Waals surface area (Å²) in [5.74, 6) is -2.36. The molecule has 0 radical (unpaired) electrons. The van der Waals surface area contributed by atoms with Crippen molar-refractivity contribution in [3.05, 3.63) is 35.9 Å². The van der Waals surface area contributed by atoms with Crippen LogP contribution in [0.15, 0.2) is 30.3 Å². The van der Waals surface area contributed by atoms with Gasteiger partial charge in [0.15, 0.2) is 0 Å². The fourth-order valence-electron chi connectivity index (χ4n) is 8.36. The summed E-state index contributed by atoms with van der Waals surface area (Å²) in [5.41, 5.74) is 0.999. The predicted molar refractivity (Wildman–Crippen MR) is 151 cm³/mol. The summed E-state index contributed by atoms with van der Waals surface area (Å²) >= 11 is 0. The Bertz CT molecular complexity index is 1050. The van der Waals surface area contributed by atoms with Crippen LogP contribution in [0.1, 0.15) is 96.1 Å². The number of urea groups is 1. The normalized spacial score (nSPS) is 31.4. The Morgan fingerprint density at radius 3 is 2.25 bits per heavy atom. The number of halogens is 2. The lowest BCUT2D eigenvalue weighted by Gasteiger charge is -2.49. The van der Waals surface area contributed by atoms with Gasteiger partial charge in [-0.05, 0) is 83.1 Å². The molecule has 1 N–H and O–H groups in total. The average molecular weight is 557 g/mol. The molecule has 5 fully saturated rings. The molecule has 1 aromatic rings. The molecule has 220 valence electrons. The van der Waals surface area contributed by atoms with E-state index in [1.54, 1.807) is 0 Å². The zero-order valence-electron chi connectivity index (χ0n) is 24.2. The number of carbonyl (C=O) groups excluding carboxylic acids is 2. The summed E-state index contributed by atoms with van der Waals surface area (Å²) in [5, 5.41) is 3.26. The van der Waals surface area contributed by atoms with Gasteiger partial charge in [-0.3, -0.25) is 9.69 Å². The number of alkyl halides is 2. The van der Waals surface area contributed by atoms with E-state index in [2.05, 4.69) is 46.0 Å². The molecule has 3 saturated heterocycles. The number of hydrogen-bond acceptors (Lipinski definition) is 3. The Balaban J connectivity index is 1.12. The standard InChI is InChI=1S/C32H46F2N4O2/c1-22(2)38-30(40)36(20-23-8-9-23)21-31(38)18-26-10-11-27(19-31)37(26)17-14-28(24-6-4-3-5-7-24)35-29(39)25-12-15-32(33,34)16-13-25/h3-7,22-23,25-28H,8-21H2,1-2H3,(H,35,39). The van der Waals surface area contributed by atoms with Gasteiger partial charge in [0.05, 0.1) is 11.6 Å². The van der Waals surface area contributed by atoms with Crippen LogP contribution in [0.25, 0.3) is 0 Å². The third-order valence-electron chi connectivity index (χ3n) is 10.4. The molecule has 8 heteroatoms. The summed E-state index contributed by atoms with van der Waals surface area (Å²) in [6.45, 7) is 6.99. The van der Waals surface area contributed by atoms with Gasteiger partial charge < -0.3 is 15.1 Å². The molecule has 3 aliphatic heterocycles. The maximum atomic E-state index is 13.7. The third-order valence-corrected chi connectivity index (χ3v) is 10.4. The Morgan fingerprint density at radius 2 is 1.65 bits per heavy atom. The van der Waals surface area contributed by atoms with Gasteiger partial charge in [-0.1, -0.05) is 30.3 Å². The van der Waals surface area contributed by atoms with Crippen molar-refractivity contribution in [2.75, 3.05) is 19.6 Å². The van der Waals surface area contributed by atoms with Gasteiger partial charge >= 0.3 is 6.03 Å². The lowest BCUT2D eigenvalue weighted by molar-refractivity contribution is -0.130. The average Bonchev–Trinajstić information content (AvgIpc) is 3.64.